The van der Waals surface area contributed by atoms with Crippen molar-refractivity contribution in [3.8, 4) is 78.7 Å². The van der Waals surface area contributed by atoms with Crippen LogP contribution in [-0.4, -0.2) is 24.9 Å². The zero-order valence-electron chi connectivity index (χ0n) is 31.7. The number of furan rings is 1. The zero-order chi connectivity index (χ0) is 39.1. The van der Waals surface area contributed by atoms with E-state index in [-0.39, 0.29) is 0 Å². The van der Waals surface area contributed by atoms with Crippen LogP contribution < -0.4 is 0 Å². The Kier molecular flexibility index (Phi) is 8.37. The second-order valence-electron chi connectivity index (χ2n) is 14.5. The van der Waals surface area contributed by atoms with E-state index in [2.05, 4.69) is 143 Å². The molecule has 0 amide bonds. The maximum atomic E-state index is 6.45. The van der Waals surface area contributed by atoms with Gasteiger partial charge >= 0.3 is 0 Å². The van der Waals surface area contributed by atoms with Crippen molar-refractivity contribution in [1.82, 2.24) is 24.9 Å². The molecule has 8 aromatic carbocycles. The molecule has 0 unspecified atom stereocenters. The molecular formula is C53H33N5O. The predicted octanol–water partition coefficient (Wildman–Crippen LogP) is 13.4. The summed E-state index contributed by atoms with van der Waals surface area (Å²) < 4.78 is 6.45. The highest BCUT2D eigenvalue weighted by molar-refractivity contribution is 6.21. The molecule has 0 radical (unpaired) electrons. The van der Waals surface area contributed by atoms with Crippen molar-refractivity contribution in [1.29, 1.82) is 0 Å². The molecule has 0 aliphatic carbocycles. The SMILES string of the molecule is c1ccc(-c2ccc(-c3nc(-c4ccccc4)nc(-c4cccc(-c5ccc(-c6ccc(-c7cc8cncnc8c8c7oc7ccccc78)cc6)cc5)c4)n3)cc2)cc1. The first-order valence-corrected chi connectivity index (χ1v) is 19.5. The van der Waals surface area contributed by atoms with Crippen LogP contribution >= 0.6 is 0 Å². The van der Waals surface area contributed by atoms with Gasteiger partial charge in [-0.3, -0.25) is 0 Å². The maximum Gasteiger partial charge on any atom is 0.164 e. The second-order valence-corrected chi connectivity index (χ2v) is 14.5. The smallest absolute Gasteiger partial charge is 0.164 e. The Morgan fingerprint density at radius 2 is 0.847 bits per heavy atom. The van der Waals surface area contributed by atoms with E-state index in [1.165, 1.54) is 5.56 Å². The number of hydrogen-bond acceptors (Lipinski definition) is 6. The van der Waals surface area contributed by atoms with Gasteiger partial charge in [-0.2, -0.15) is 0 Å². The molecule has 6 heteroatoms. The van der Waals surface area contributed by atoms with Crippen LogP contribution in [0.4, 0.5) is 0 Å². The number of rotatable bonds is 7. The molecule has 0 atom stereocenters. The lowest BCUT2D eigenvalue weighted by molar-refractivity contribution is 0.670. The molecule has 0 spiro atoms. The van der Waals surface area contributed by atoms with Gasteiger partial charge in [0, 0.05) is 39.2 Å². The largest absolute Gasteiger partial charge is 0.455 e. The topological polar surface area (TPSA) is 77.6 Å². The Balaban J connectivity index is 0.900. The quantitative estimate of drug-likeness (QED) is 0.161. The van der Waals surface area contributed by atoms with Crippen LogP contribution in [0.3, 0.4) is 0 Å². The number of para-hydroxylation sites is 1. The fourth-order valence-corrected chi connectivity index (χ4v) is 7.89. The fourth-order valence-electron chi connectivity index (χ4n) is 7.89. The summed E-state index contributed by atoms with van der Waals surface area (Å²) in [5.74, 6) is 1.89. The van der Waals surface area contributed by atoms with Crippen LogP contribution in [0.5, 0.6) is 0 Å². The van der Waals surface area contributed by atoms with Crippen molar-refractivity contribution in [2.45, 2.75) is 0 Å². The first-order valence-electron chi connectivity index (χ1n) is 19.5. The lowest BCUT2D eigenvalue weighted by Gasteiger charge is -2.11. The maximum absolute atomic E-state index is 6.45. The lowest BCUT2D eigenvalue weighted by atomic mass is 9.96. The molecule has 3 aromatic heterocycles. The summed E-state index contributed by atoms with van der Waals surface area (Å²) >= 11 is 0. The van der Waals surface area contributed by atoms with Crippen molar-refractivity contribution >= 4 is 32.8 Å². The Morgan fingerprint density at radius 3 is 1.51 bits per heavy atom. The summed E-state index contributed by atoms with van der Waals surface area (Å²) in [6.07, 6.45) is 3.47. The Hall–Kier alpha value is -8.09. The Labute approximate surface area is 340 Å². The molecule has 0 saturated carbocycles. The first-order chi connectivity index (χ1) is 29.2. The van der Waals surface area contributed by atoms with E-state index in [1.807, 2.05) is 60.8 Å². The molecular weight excluding hydrogens is 723 g/mol. The average Bonchev–Trinajstić information content (AvgIpc) is 3.72. The minimum Gasteiger partial charge on any atom is -0.455 e. The highest BCUT2D eigenvalue weighted by Crippen LogP contribution is 2.40. The van der Waals surface area contributed by atoms with Gasteiger partial charge in [0.15, 0.2) is 17.5 Å². The van der Waals surface area contributed by atoms with Gasteiger partial charge < -0.3 is 4.42 Å². The molecule has 0 aliphatic rings. The first kappa shape index (κ1) is 34.2. The number of aromatic nitrogens is 5. The molecule has 0 fully saturated rings. The van der Waals surface area contributed by atoms with Crippen molar-refractivity contribution in [3.05, 3.63) is 201 Å². The second kappa shape index (κ2) is 14.4. The lowest BCUT2D eigenvalue weighted by Crippen LogP contribution is -2.00. The van der Waals surface area contributed by atoms with Gasteiger partial charge in [-0.1, -0.05) is 170 Å². The van der Waals surface area contributed by atoms with Gasteiger partial charge in [0.1, 0.15) is 17.5 Å². The van der Waals surface area contributed by atoms with E-state index in [0.29, 0.717) is 17.5 Å². The predicted molar refractivity (Wildman–Crippen MR) is 238 cm³/mol. The molecule has 3 heterocycles. The van der Waals surface area contributed by atoms with Crippen LogP contribution in [0, 0.1) is 0 Å². The summed E-state index contributed by atoms with van der Waals surface area (Å²) in [4.78, 5) is 23.9. The van der Waals surface area contributed by atoms with Crippen molar-refractivity contribution in [2.24, 2.45) is 0 Å². The molecule has 11 aromatic rings. The highest BCUT2D eigenvalue weighted by atomic mass is 16.3. The van der Waals surface area contributed by atoms with E-state index in [4.69, 9.17) is 19.4 Å². The van der Waals surface area contributed by atoms with E-state index in [0.717, 1.165) is 88.5 Å². The number of fused-ring (bicyclic) bond motifs is 5. The number of nitrogens with zero attached hydrogens (tertiary/aromatic N) is 5. The van der Waals surface area contributed by atoms with Crippen molar-refractivity contribution < 1.29 is 4.42 Å². The molecule has 0 bridgehead atoms. The van der Waals surface area contributed by atoms with Gasteiger partial charge in [-0.25, -0.2) is 24.9 Å². The summed E-state index contributed by atoms with van der Waals surface area (Å²) in [5.41, 5.74) is 14.2. The normalized spacial score (nSPS) is 11.4. The fraction of sp³-hybridized carbons (Fsp3) is 0. The minimum atomic E-state index is 0.624. The standard InChI is InChI=1S/C53H33N5O/c1-3-10-34(11-4-1)35-24-28-41(29-25-35)52-56-51(40-12-5-2-6-13-40)57-53(58-52)43-15-9-14-42(30-43)38-20-18-36(19-21-38)37-22-26-39(27-23-37)46-31-44-32-54-33-55-49(44)48-45-16-7-8-17-47(45)59-50(46)48/h1-33H. The summed E-state index contributed by atoms with van der Waals surface area (Å²) in [6, 6.07) is 64.9. The van der Waals surface area contributed by atoms with Crippen LogP contribution in [-0.2, 0) is 0 Å². The summed E-state index contributed by atoms with van der Waals surface area (Å²) in [7, 11) is 0. The van der Waals surface area contributed by atoms with Crippen molar-refractivity contribution in [2.75, 3.05) is 0 Å². The van der Waals surface area contributed by atoms with Crippen LogP contribution in [0.2, 0.25) is 0 Å². The Morgan fingerprint density at radius 1 is 0.373 bits per heavy atom. The minimum absolute atomic E-state index is 0.624. The molecule has 0 aliphatic heterocycles. The van der Waals surface area contributed by atoms with Gasteiger partial charge in [-0.15, -0.1) is 0 Å². The van der Waals surface area contributed by atoms with Crippen LogP contribution in [0.25, 0.3) is 112 Å². The molecule has 11 rings (SSSR count). The average molecular weight is 756 g/mol. The van der Waals surface area contributed by atoms with Crippen LogP contribution in [0.1, 0.15) is 0 Å². The molecule has 0 N–H and O–H groups in total. The van der Waals surface area contributed by atoms with E-state index < -0.39 is 0 Å². The van der Waals surface area contributed by atoms with Crippen molar-refractivity contribution in [3.63, 3.8) is 0 Å². The van der Waals surface area contributed by atoms with E-state index in [9.17, 15) is 0 Å². The summed E-state index contributed by atoms with van der Waals surface area (Å²) in [6.45, 7) is 0. The highest BCUT2D eigenvalue weighted by Gasteiger charge is 2.18. The van der Waals surface area contributed by atoms with Gasteiger partial charge in [-0.05, 0) is 57.1 Å². The van der Waals surface area contributed by atoms with E-state index >= 15 is 0 Å². The summed E-state index contributed by atoms with van der Waals surface area (Å²) in [5, 5.41) is 3.04. The number of benzene rings is 8. The molecule has 276 valence electrons. The zero-order valence-corrected chi connectivity index (χ0v) is 31.7. The van der Waals surface area contributed by atoms with Crippen LogP contribution in [0.15, 0.2) is 205 Å². The molecule has 0 saturated heterocycles. The van der Waals surface area contributed by atoms with Gasteiger partial charge in [0.2, 0.25) is 0 Å². The monoisotopic (exact) mass is 755 g/mol. The van der Waals surface area contributed by atoms with Gasteiger partial charge in [0.05, 0.1) is 10.9 Å². The third-order valence-corrected chi connectivity index (χ3v) is 10.9. The Bertz CT molecular complexity index is 3290. The molecule has 59 heavy (non-hydrogen) atoms. The third kappa shape index (κ3) is 6.39. The number of hydrogen-bond donors (Lipinski definition) is 0. The van der Waals surface area contributed by atoms with E-state index in [1.54, 1.807) is 6.33 Å². The molecule has 6 nitrogen and oxygen atoms in total. The third-order valence-electron chi connectivity index (χ3n) is 10.9. The van der Waals surface area contributed by atoms with Gasteiger partial charge in [0.25, 0.3) is 0 Å².